The topological polar surface area (TPSA) is 29.9 Å². The van der Waals surface area contributed by atoms with E-state index in [1.54, 1.807) is 0 Å². The Morgan fingerprint density at radius 3 is 2.61 bits per heavy atom. The summed E-state index contributed by atoms with van der Waals surface area (Å²) in [4.78, 5) is 0. The van der Waals surface area contributed by atoms with Crippen LogP contribution in [0.15, 0.2) is 24.4 Å². The third-order valence-electron chi connectivity index (χ3n) is 3.49. The van der Waals surface area contributed by atoms with Crippen molar-refractivity contribution in [3.8, 4) is 5.69 Å². The van der Waals surface area contributed by atoms with E-state index in [4.69, 9.17) is 0 Å². The zero-order valence-corrected chi connectivity index (χ0v) is 11.6. The summed E-state index contributed by atoms with van der Waals surface area (Å²) >= 11 is 0. The fraction of sp³-hybridized carbons (Fsp3) is 0.400. The van der Waals surface area contributed by atoms with Gasteiger partial charge in [0, 0.05) is 5.69 Å². The molecule has 0 atom stereocenters. The molecule has 0 amide bonds. The van der Waals surface area contributed by atoms with Crippen LogP contribution in [0.5, 0.6) is 0 Å². The lowest BCUT2D eigenvalue weighted by molar-refractivity contribution is 0.784. The van der Waals surface area contributed by atoms with Crippen molar-refractivity contribution in [2.45, 2.75) is 27.2 Å². The minimum atomic E-state index is 0.986. The molecule has 0 unspecified atom stereocenters. The first-order chi connectivity index (χ1) is 8.63. The Morgan fingerprint density at radius 1 is 1.17 bits per heavy atom. The third kappa shape index (κ3) is 2.46. The summed E-state index contributed by atoms with van der Waals surface area (Å²) in [7, 11) is 1.98. The zero-order chi connectivity index (χ0) is 13.1. The summed E-state index contributed by atoms with van der Waals surface area (Å²) < 4.78 is 2.03. The maximum Gasteiger partial charge on any atom is 0.0651 e. The van der Waals surface area contributed by atoms with Crippen LogP contribution in [0, 0.1) is 20.8 Å². The first-order valence-electron chi connectivity index (χ1n) is 6.39. The molecular formula is C15H21N3. The number of aromatic nitrogens is 2. The number of hydrogen-bond donors (Lipinski definition) is 1. The lowest BCUT2D eigenvalue weighted by Gasteiger charge is -2.08. The number of benzene rings is 1. The van der Waals surface area contributed by atoms with Gasteiger partial charge in [-0.3, -0.25) is 0 Å². The van der Waals surface area contributed by atoms with Crippen LogP contribution < -0.4 is 5.32 Å². The molecule has 18 heavy (non-hydrogen) atoms. The second-order valence-corrected chi connectivity index (χ2v) is 4.79. The van der Waals surface area contributed by atoms with Crippen molar-refractivity contribution < 1.29 is 0 Å². The zero-order valence-electron chi connectivity index (χ0n) is 11.6. The van der Waals surface area contributed by atoms with Gasteiger partial charge in [0.2, 0.25) is 0 Å². The molecule has 1 heterocycles. The molecule has 0 fully saturated rings. The quantitative estimate of drug-likeness (QED) is 0.894. The van der Waals surface area contributed by atoms with Crippen LogP contribution in [-0.2, 0) is 6.42 Å². The maximum absolute atomic E-state index is 4.50. The van der Waals surface area contributed by atoms with Crippen molar-refractivity contribution in [3.05, 3.63) is 46.8 Å². The minimum absolute atomic E-state index is 0.986. The van der Waals surface area contributed by atoms with Crippen molar-refractivity contribution in [2.75, 3.05) is 13.6 Å². The molecule has 0 radical (unpaired) electrons. The second kappa shape index (κ2) is 5.36. The molecule has 1 aromatic carbocycles. The molecule has 2 rings (SSSR count). The van der Waals surface area contributed by atoms with Crippen LogP contribution in [0.2, 0.25) is 0 Å². The van der Waals surface area contributed by atoms with E-state index in [2.05, 4.69) is 49.4 Å². The number of rotatable bonds is 4. The van der Waals surface area contributed by atoms with E-state index in [0.29, 0.717) is 0 Å². The Balaban J connectivity index is 2.33. The van der Waals surface area contributed by atoms with E-state index in [9.17, 15) is 0 Å². The van der Waals surface area contributed by atoms with Gasteiger partial charge in [0.25, 0.3) is 0 Å². The highest BCUT2D eigenvalue weighted by molar-refractivity contribution is 5.41. The fourth-order valence-corrected chi connectivity index (χ4v) is 2.07. The van der Waals surface area contributed by atoms with Crippen molar-refractivity contribution in [3.63, 3.8) is 0 Å². The molecule has 0 aliphatic carbocycles. The van der Waals surface area contributed by atoms with Gasteiger partial charge in [-0.1, -0.05) is 6.07 Å². The third-order valence-corrected chi connectivity index (χ3v) is 3.49. The summed E-state index contributed by atoms with van der Waals surface area (Å²) in [6.07, 6.45) is 3.00. The van der Waals surface area contributed by atoms with Crippen molar-refractivity contribution in [1.82, 2.24) is 15.1 Å². The summed E-state index contributed by atoms with van der Waals surface area (Å²) in [5.74, 6) is 0. The number of aryl methyl sites for hydroxylation is 2. The van der Waals surface area contributed by atoms with Gasteiger partial charge >= 0.3 is 0 Å². The minimum Gasteiger partial charge on any atom is -0.319 e. The lowest BCUT2D eigenvalue weighted by atomic mass is 10.1. The average Bonchev–Trinajstić information content (AvgIpc) is 2.72. The molecule has 1 aromatic heterocycles. The molecule has 3 nitrogen and oxygen atoms in total. The average molecular weight is 243 g/mol. The monoisotopic (exact) mass is 243 g/mol. The first kappa shape index (κ1) is 12.8. The molecule has 0 aliphatic heterocycles. The van der Waals surface area contributed by atoms with Gasteiger partial charge in [0.1, 0.15) is 0 Å². The van der Waals surface area contributed by atoms with E-state index in [1.165, 1.54) is 22.4 Å². The van der Waals surface area contributed by atoms with Gasteiger partial charge in [-0.2, -0.15) is 5.10 Å². The van der Waals surface area contributed by atoms with Crippen molar-refractivity contribution in [1.29, 1.82) is 0 Å². The van der Waals surface area contributed by atoms with Crippen LogP contribution in [0.4, 0.5) is 0 Å². The molecule has 1 N–H and O–H groups in total. The van der Waals surface area contributed by atoms with Gasteiger partial charge in [0.05, 0.1) is 11.9 Å². The number of nitrogens with one attached hydrogen (secondary N) is 1. The van der Waals surface area contributed by atoms with Crippen molar-refractivity contribution >= 4 is 0 Å². The number of nitrogens with zero attached hydrogens (tertiary/aromatic N) is 2. The molecule has 0 aliphatic rings. The second-order valence-electron chi connectivity index (χ2n) is 4.79. The van der Waals surface area contributed by atoms with Gasteiger partial charge in [-0.15, -0.1) is 0 Å². The fourth-order valence-electron chi connectivity index (χ4n) is 2.07. The van der Waals surface area contributed by atoms with Gasteiger partial charge in [-0.25, -0.2) is 4.68 Å². The summed E-state index contributed by atoms with van der Waals surface area (Å²) in [5, 5.41) is 7.67. The molecule has 0 saturated carbocycles. The standard InChI is InChI=1S/C15H21N3/c1-11-5-6-15(9-12(11)2)18-13(3)14(10-17-18)7-8-16-4/h5-6,9-10,16H,7-8H2,1-4H3. The maximum atomic E-state index is 4.50. The molecule has 96 valence electrons. The normalized spacial score (nSPS) is 10.9. The molecule has 0 bridgehead atoms. The smallest absolute Gasteiger partial charge is 0.0651 e. The van der Waals surface area contributed by atoms with Gasteiger partial charge in [0.15, 0.2) is 0 Å². The highest BCUT2D eigenvalue weighted by Gasteiger charge is 2.08. The van der Waals surface area contributed by atoms with Gasteiger partial charge < -0.3 is 5.32 Å². The Morgan fingerprint density at radius 2 is 1.94 bits per heavy atom. The van der Waals surface area contributed by atoms with E-state index in [1.807, 2.05) is 17.9 Å². The Kier molecular flexibility index (Phi) is 3.82. The van der Waals surface area contributed by atoms with Crippen LogP contribution in [0.1, 0.15) is 22.4 Å². The van der Waals surface area contributed by atoms with Crippen LogP contribution >= 0.6 is 0 Å². The summed E-state index contributed by atoms with van der Waals surface area (Å²) in [6, 6.07) is 6.47. The Hall–Kier alpha value is -1.61. The predicted octanol–water partition coefficient (Wildman–Crippen LogP) is 2.56. The molecular weight excluding hydrogens is 222 g/mol. The SMILES string of the molecule is CNCCc1cnn(-c2ccc(C)c(C)c2)c1C. The molecule has 3 heteroatoms. The summed E-state index contributed by atoms with van der Waals surface area (Å²) in [6.45, 7) is 7.39. The highest BCUT2D eigenvalue weighted by Crippen LogP contribution is 2.17. The Bertz CT molecular complexity index is 541. The number of likely N-dealkylation sites (N-methyl/N-ethyl adjacent to an activating group) is 1. The van der Waals surface area contributed by atoms with E-state index in [-0.39, 0.29) is 0 Å². The van der Waals surface area contributed by atoms with E-state index in [0.717, 1.165) is 18.7 Å². The largest absolute Gasteiger partial charge is 0.319 e. The number of hydrogen-bond acceptors (Lipinski definition) is 2. The van der Waals surface area contributed by atoms with Crippen molar-refractivity contribution in [2.24, 2.45) is 0 Å². The van der Waals surface area contributed by atoms with E-state index < -0.39 is 0 Å². The van der Waals surface area contributed by atoms with E-state index >= 15 is 0 Å². The predicted molar refractivity (Wildman–Crippen MR) is 75.4 cm³/mol. The van der Waals surface area contributed by atoms with Crippen LogP contribution in [0.25, 0.3) is 5.69 Å². The Labute approximate surface area is 109 Å². The molecule has 2 aromatic rings. The van der Waals surface area contributed by atoms with Gasteiger partial charge in [-0.05, 0) is 69.6 Å². The van der Waals surface area contributed by atoms with Crippen LogP contribution in [-0.4, -0.2) is 23.4 Å². The lowest BCUT2D eigenvalue weighted by Crippen LogP contribution is -2.10. The molecule has 0 saturated heterocycles. The highest BCUT2D eigenvalue weighted by atomic mass is 15.3. The first-order valence-corrected chi connectivity index (χ1v) is 6.39. The summed E-state index contributed by atoms with van der Waals surface area (Å²) in [5.41, 5.74) is 6.31. The van der Waals surface area contributed by atoms with Crippen LogP contribution in [0.3, 0.4) is 0 Å². The molecule has 0 spiro atoms.